The van der Waals surface area contributed by atoms with Crippen molar-refractivity contribution in [2.45, 2.75) is 40.0 Å². The van der Waals surface area contributed by atoms with Gasteiger partial charge in [0.05, 0.1) is 0 Å². The van der Waals surface area contributed by atoms with Crippen LogP contribution in [0.2, 0.25) is 0 Å². The van der Waals surface area contributed by atoms with E-state index in [1.54, 1.807) is 5.57 Å². The Bertz CT molecular complexity index is 447. The zero-order valence-electron chi connectivity index (χ0n) is 10.5. The number of hydrogen-bond donors (Lipinski definition) is 0. The summed E-state index contributed by atoms with van der Waals surface area (Å²) >= 11 is 0. The van der Waals surface area contributed by atoms with E-state index in [0.717, 1.165) is 0 Å². The van der Waals surface area contributed by atoms with Gasteiger partial charge in [0.25, 0.3) is 0 Å². The lowest BCUT2D eigenvalue weighted by molar-refractivity contribution is 0.867. The fourth-order valence-corrected chi connectivity index (χ4v) is 2.54. The molecule has 2 rings (SSSR count). The fraction of sp³-hybridized carbons (Fsp3) is 0.375. The predicted octanol–water partition coefficient (Wildman–Crippen LogP) is 4.68. The topological polar surface area (TPSA) is 0 Å². The summed E-state index contributed by atoms with van der Waals surface area (Å²) in [6.45, 7) is 6.54. The largest absolute Gasteiger partial charge is 0.0870 e. The van der Waals surface area contributed by atoms with Gasteiger partial charge in [0.1, 0.15) is 0 Å². The van der Waals surface area contributed by atoms with Crippen LogP contribution in [0.1, 0.15) is 43.4 Å². The second kappa shape index (κ2) is 4.69. The van der Waals surface area contributed by atoms with E-state index in [2.05, 4.69) is 51.1 Å². The first kappa shape index (κ1) is 11.2. The maximum Gasteiger partial charge on any atom is -0.0152 e. The van der Waals surface area contributed by atoms with E-state index < -0.39 is 0 Å². The molecule has 0 amide bonds. The predicted molar refractivity (Wildman–Crippen MR) is 71.5 cm³/mol. The lowest BCUT2D eigenvalue weighted by atomic mass is 9.83. The minimum atomic E-state index is 1.17. The molecule has 0 bridgehead atoms. The first-order valence-corrected chi connectivity index (χ1v) is 6.21. The molecule has 0 heterocycles. The van der Waals surface area contributed by atoms with Gasteiger partial charge in [-0.2, -0.15) is 0 Å². The van der Waals surface area contributed by atoms with Crippen molar-refractivity contribution in [3.63, 3.8) is 0 Å². The molecule has 0 unspecified atom stereocenters. The normalized spacial score (nSPS) is 15.7. The van der Waals surface area contributed by atoms with Gasteiger partial charge in [-0.15, -0.1) is 0 Å². The molecule has 0 N–H and O–H groups in total. The Balaban J connectivity index is 2.56. The Morgan fingerprint density at radius 2 is 2.06 bits per heavy atom. The average Bonchev–Trinajstić information content (AvgIpc) is 2.29. The molecule has 0 heteroatoms. The molecule has 0 atom stereocenters. The summed E-state index contributed by atoms with van der Waals surface area (Å²) in [5.41, 5.74) is 7.41. The number of hydrogen-bond acceptors (Lipinski definition) is 0. The van der Waals surface area contributed by atoms with Crippen molar-refractivity contribution >= 4 is 5.57 Å². The number of fused-ring (bicyclic) bond motifs is 1. The highest BCUT2D eigenvalue weighted by molar-refractivity contribution is 5.80. The van der Waals surface area contributed by atoms with Gasteiger partial charge in [0, 0.05) is 0 Å². The molecule has 1 aromatic carbocycles. The number of allylic oxidation sites excluding steroid dienone is 4. The Hall–Kier alpha value is -1.30. The van der Waals surface area contributed by atoms with E-state index >= 15 is 0 Å². The second-order valence-electron chi connectivity index (χ2n) is 4.53. The van der Waals surface area contributed by atoms with Gasteiger partial charge in [-0.25, -0.2) is 0 Å². The molecule has 84 valence electrons. The summed E-state index contributed by atoms with van der Waals surface area (Å²) < 4.78 is 0. The molecule has 0 aliphatic heterocycles. The fourth-order valence-electron chi connectivity index (χ4n) is 2.54. The molecule has 0 fully saturated rings. The molecule has 1 aromatic rings. The van der Waals surface area contributed by atoms with Crippen molar-refractivity contribution in [3.05, 3.63) is 52.6 Å². The second-order valence-corrected chi connectivity index (χ2v) is 4.53. The minimum Gasteiger partial charge on any atom is -0.0870 e. The highest BCUT2D eigenvalue weighted by Crippen LogP contribution is 2.34. The Morgan fingerprint density at radius 1 is 1.25 bits per heavy atom. The molecular weight excluding hydrogens is 192 g/mol. The van der Waals surface area contributed by atoms with Crippen LogP contribution in [-0.2, 0) is 6.42 Å². The van der Waals surface area contributed by atoms with Gasteiger partial charge >= 0.3 is 0 Å². The summed E-state index contributed by atoms with van der Waals surface area (Å²) in [4.78, 5) is 0. The van der Waals surface area contributed by atoms with Crippen molar-refractivity contribution in [1.82, 2.24) is 0 Å². The molecular formula is C16H20. The van der Waals surface area contributed by atoms with E-state index in [-0.39, 0.29) is 0 Å². The van der Waals surface area contributed by atoms with Crippen molar-refractivity contribution in [3.8, 4) is 0 Å². The standard InChI is InChI=1S/C16H20/c1-4-6-15-13(5-2)8-9-14-11-12(3)7-10-16(14)15/h4,6-7,10-11H,5,8-9H2,1-3H3/b6-4-. The monoisotopic (exact) mass is 212 g/mol. The van der Waals surface area contributed by atoms with Gasteiger partial charge in [0.2, 0.25) is 0 Å². The van der Waals surface area contributed by atoms with Crippen LogP contribution in [0.3, 0.4) is 0 Å². The van der Waals surface area contributed by atoms with E-state index in [1.165, 1.54) is 41.5 Å². The maximum absolute atomic E-state index is 2.34. The van der Waals surface area contributed by atoms with Crippen LogP contribution in [-0.4, -0.2) is 0 Å². The van der Waals surface area contributed by atoms with Gasteiger partial charge in [-0.05, 0) is 49.8 Å². The molecule has 0 aromatic heterocycles. The molecule has 0 saturated carbocycles. The first-order valence-electron chi connectivity index (χ1n) is 6.21. The molecule has 0 nitrogen and oxygen atoms in total. The van der Waals surface area contributed by atoms with Crippen LogP contribution < -0.4 is 0 Å². The summed E-state index contributed by atoms with van der Waals surface area (Å²) in [6, 6.07) is 6.85. The quantitative estimate of drug-likeness (QED) is 0.667. The smallest absolute Gasteiger partial charge is 0.0152 e. The first-order chi connectivity index (χ1) is 7.76. The third kappa shape index (κ3) is 1.97. The van der Waals surface area contributed by atoms with Crippen molar-refractivity contribution in [2.75, 3.05) is 0 Å². The van der Waals surface area contributed by atoms with Crippen LogP contribution in [0.4, 0.5) is 0 Å². The highest BCUT2D eigenvalue weighted by Gasteiger charge is 2.15. The molecule has 1 aliphatic carbocycles. The van der Waals surface area contributed by atoms with E-state index in [1.807, 2.05) is 0 Å². The van der Waals surface area contributed by atoms with E-state index in [9.17, 15) is 0 Å². The molecule has 0 radical (unpaired) electrons. The number of rotatable bonds is 2. The highest BCUT2D eigenvalue weighted by atomic mass is 14.2. The zero-order chi connectivity index (χ0) is 11.5. The van der Waals surface area contributed by atoms with Gasteiger partial charge in [-0.1, -0.05) is 48.4 Å². The van der Waals surface area contributed by atoms with Crippen LogP contribution in [0, 0.1) is 6.92 Å². The summed E-state index contributed by atoms with van der Waals surface area (Å²) in [5, 5.41) is 0. The molecule has 0 spiro atoms. The van der Waals surface area contributed by atoms with Crippen LogP contribution >= 0.6 is 0 Å². The van der Waals surface area contributed by atoms with Crippen LogP contribution in [0.15, 0.2) is 35.9 Å². The summed E-state index contributed by atoms with van der Waals surface area (Å²) in [7, 11) is 0. The van der Waals surface area contributed by atoms with Crippen LogP contribution in [0.5, 0.6) is 0 Å². The third-order valence-corrected chi connectivity index (χ3v) is 3.39. The minimum absolute atomic E-state index is 1.17. The summed E-state index contributed by atoms with van der Waals surface area (Å²) in [5.74, 6) is 0. The number of benzene rings is 1. The van der Waals surface area contributed by atoms with Crippen molar-refractivity contribution in [2.24, 2.45) is 0 Å². The van der Waals surface area contributed by atoms with Crippen LogP contribution in [0.25, 0.3) is 5.57 Å². The summed E-state index contributed by atoms with van der Waals surface area (Å²) in [6.07, 6.45) is 8.03. The Morgan fingerprint density at radius 3 is 2.75 bits per heavy atom. The average molecular weight is 212 g/mol. The van der Waals surface area contributed by atoms with Gasteiger partial charge < -0.3 is 0 Å². The van der Waals surface area contributed by atoms with Gasteiger partial charge in [-0.3, -0.25) is 0 Å². The lowest BCUT2D eigenvalue weighted by Crippen LogP contribution is -2.04. The maximum atomic E-state index is 2.34. The number of aryl methyl sites for hydroxylation is 2. The molecule has 16 heavy (non-hydrogen) atoms. The van der Waals surface area contributed by atoms with Crippen molar-refractivity contribution < 1.29 is 0 Å². The van der Waals surface area contributed by atoms with E-state index in [0.29, 0.717) is 0 Å². The SMILES string of the molecule is C/C=C\C1=C(CC)CCc2cc(C)ccc21. The lowest BCUT2D eigenvalue weighted by Gasteiger charge is -2.21. The molecule has 0 saturated heterocycles. The molecule has 1 aliphatic rings. The zero-order valence-corrected chi connectivity index (χ0v) is 10.5. The van der Waals surface area contributed by atoms with Gasteiger partial charge in [0.15, 0.2) is 0 Å². The Kier molecular flexibility index (Phi) is 3.28. The Labute approximate surface area is 98.7 Å². The van der Waals surface area contributed by atoms with Crippen molar-refractivity contribution in [1.29, 1.82) is 0 Å². The third-order valence-electron chi connectivity index (χ3n) is 3.39. The van der Waals surface area contributed by atoms with E-state index in [4.69, 9.17) is 0 Å².